The van der Waals surface area contributed by atoms with Gasteiger partial charge >= 0.3 is 0 Å². The van der Waals surface area contributed by atoms with Gasteiger partial charge in [0.2, 0.25) is 5.91 Å². The number of rotatable bonds is 5. The number of carbonyl (C=O) groups is 1. The topological polar surface area (TPSA) is 72.3 Å². The van der Waals surface area contributed by atoms with Crippen molar-refractivity contribution in [3.8, 4) is 0 Å². The van der Waals surface area contributed by atoms with Crippen LogP contribution in [0.4, 0.5) is 0 Å². The molecule has 1 aliphatic rings. The fourth-order valence-corrected chi connectivity index (χ4v) is 2.06. The molecule has 1 heterocycles. The van der Waals surface area contributed by atoms with E-state index in [0.29, 0.717) is 4.99 Å². The normalized spacial score (nSPS) is 22.2. The summed E-state index contributed by atoms with van der Waals surface area (Å²) < 4.78 is 0. The van der Waals surface area contributed by atoms with Gasteiger partial charge in [0.15, 0.2) is 0 Å². The zero-order valence-electron chi connectivity index (χ0n) is 10.0. The van der Waals surface area contributed by atoms with Gasteiger partial charge in [-0.05, 0) is 32.4 Å². The van der Waals surface area contributed by atoms with Crippen molar-refractivity contribution in [1.29, 1.82) is 0 Å². The van der Waals surface area contributed by atoms with Crippen molar-refractivity contribution in [2.24, 2.45) is 16.9 Å². The van der Waals surface area contributed by atoms with Gasteiger partial charge in [-0.15, -0.1) is 0 Å². The van der Waals surface area contributed by atoms with Gasteiger partial charge in [0.25, 0.3) is 0 Å². The van der Waals surface area contributed by atoms with Crippen molar-refractivity contribution >= 4 is 23.1 Å². The van der Waals surface area contributed by atoms with Gasteiger partial charge in [-0.25, -0.2) is 0 Å². The molecule has 1 fully saturated rings. The maximum absolute atomic E-state index is 11.2. The molecule has 1 rings (SSSR count). The summed E-state index contributed by atoms with van der Waals surface area (Å²) in [5.74, 6) is -0.217. The number of thiocarbonyl (C=S) groups is 1. The summed E-state index contributed by atoms with van der Waals surface area (Å²) in [6.07, 6.45) is 2.79. The van der Waals surface area contributed by atoms with E-state index in [0.717, 1.165) is 32.4 Å². The summed E-state index contributed by atoms with van der Waals surface area (Å²) in [6, 6.07) is -0.0952. The highest BCUT2D eigenvalue weighted by Gasteiger charge is 2.30. The van der Waals surface area contributed by atoms with Gasteiger partial charge in [-0.2, -0.15) is 0 Å². The summed E-state index contributed by atoms with van der Waals surface area (Å²) in [7, 11) is 0. The average molecular weight is 243 g/mol. The predicted molar refractivity (Wildman–Crippen MR) is 69.0 cm³/mol. The first-order valence-corrected chi connectivity index (χ1v) is 6.08. The third kappa shape index (κ3) is 3.15. The Hall–Kier alpha value is -0.680. The SMILES string of the molecule is CC(C)(CCN1CCCC1C(N)=O)C(N)=S. The number of hydrogen-bond donors (Lipinski definition) is 2. The third-order valence-corrected chi connectivity index (χ3v) is 3.94. The highest BCUT2D eigenvalue weighted by Crippen LogP contribution is 2.24. The zero-order chi connectivity index (χ0) is 12.3. The molecule has 0 saturated carbocycles. The molecular formula is C11H21N3OS. The predicted octanol–water partition coefficient (Wildman–Crippen LogP) is 0.639. The molecule has 1 aliphatic heterocycles. The van der Waals surface area contributed by atoms with E-state index >= 15 is 0 Å². The minimum atomic E-state index is -0.217. The smallest absolute Gasteiger partial charge is 0.234 e. The Morgan fingerprint density at radius 3 is 2.62 bits per heavy atom. The Labute approximate surface area is 102 Å². The minimum absolute atomic E-state index is 0.0952. The van der Waals surface area contributed by atoms with Gasteiger partial charge < -0.3 is 11.5 Å². The lowest BCUT2D eigenvalue weighted by molar-refractivity contribution is -0.122. The van der Waals surface area contributed by atoms with E-state index in [-0.39, 0.29) is 17.4 Å². The van der Waals surface area contributed by atoms with Crippen LogP contribution in [0.2, 0.25) is 0 Å². The second-order valence-electron chi connectivity index (χ2n) is 5.09. The molecule has 0 radical (unpaired) electrons. The van der Waals surface area contributed by atoms with E-state index in [1.54, 1.807) is 0 Å². The average Bonchev–Trinajstić information content (AvgIpc) is 2.62. The Bertz CT molecular complexity index is 291. The first-order chi connectivity index (χ1) is 7.34. The summed E-state index contributed by atoms with van der Waals surface area (Å²) in [5.41, 5.74) is 10.9. The van der Waals surface area contributed by atoms with Crippen molar-refractivity contribution in [1.82, 2.24) is 4.90 Å². The Morgan fingerprint density at radius 1 is 1.50 bits per heavy atom. The van der Waals surface area contributed by atoms with Crippen molar-refractivity contribution in [3.63, 3.8) is 0 Å². The van der Waals surface area contributed by atoms with E-state index < -0.39 is 0 Å². The Balaban J connectivity index is 2.49. The van der Waals surface area contributed by atoms with Crippen LogP contribution in [0.15, 0.2) is 0 Å². The summed E-state index contributed by atoms with van der Waals surface area (Å²) in [5, 5.41) is 0. The van der Waals surface area contributed by atoms with Crippen LogP contribution in [0.25, 0.3) is 0 Å². The van der Waals surface area contributed by atoms with Gasteiger partial charge in [0, 0.05) is 5.41 Å². The van der Waals surface area contributed by atoms with E-state index in [1.807, 2.05) is 13.8 Å². The molecule has 0 aromatic heterocycles. The number of hydrogen-bond acceptors (Lipinski definition) is 3. The van der Waals surface area contributed by atoms with Crippen molar-refractivity contribution in [2.75, 3.05) is 13.1 Å². The highest BCUT2D eigenvalue weighted by molar-refractivity contribution is 7.80. The number of primary amides is 1. The molecule has 1 amide bonds. The van der Waals surface area contributed by atoms with Crippen LogP contribution >= 0.6 is 12.2 Å². The summed E-state index contributed by atoms with van der Waals surface area (Å²) >= 11 is 5.02. The molecule has 0 aromatic carbocycles. The first-order valence-electron chi connectivity index (χ1n) is 5.68. The molecule has 0 aromatic rings. The van der Waals surface area contributed by atoms with E-state index in [4.69, 9.17) is 23.7 Å². The molecule has 5 heteroatoms. The molecule has 1 saturated heterocycles. The molecule has 92 valence electrons. The first kappa shape index (κ1) is 13.4. The summed E-state index contributed by atoms with van der Waals surface area (Å²) in [4.78, 5) is 13.9. The second-order valence-corrected chi connectivity index (χ2v) is 5.53. The van der Waals surface area contributed by atoms with Crippen molar-refractivity contribution in [3.05, 3.63) is 0 Å². The minimum Gasteiger partial charge on any atom is -0.393 e. The van der Waals surface area contributed by atoms with Crippen LogP contribution in [0.3, 0.4) is 0 Å². The van der Waals surface area contributed by atoms with Gasteiger partial charge in [0.05, 0.1) is 11.0 Å². The number of likely N-dealkylation sites (tertiary alicyclic amines) is 1. The molecule has 0 spiro atoms. The van der Waals surface area contributed by atoms with Crippen LogP contribution in [0.5, 0.6) is 0 Å². The molecular weight excluding hydrogens is 222 g/mol. The summed E-state index contributed by atoms with van der Waals surface area (Å²) in [6.45, 7) is 5.84. The van der Waals surface area contributed by atoms with Gasteiger partial charge in [-0.1, -0.05) is 26.1 Å². The van der Waals surface area contributed by atoms with Crippen LogP contribution in [0, 0.1) is 5.41 Å². The Kier molecular flexibility index (Phi) is 4.27. The van der Waals surface area contributed by atoms with Crippen LogP contribution < -0.4 is 11.5 Å². The molecule has 4 N–H and O–H groups in total. The number of nitrogens with zero attached hydrogens (tertiary/aromatic N) is 1. The lowest BCUT2D eigenvalue weighted by Crippen LogP contribution is -2.42. The molecule has 1 unspecified atom stereocenters. The lowest BCUT2D eigenvalue weighted by Gasteiger charge is -2.28. The second kappa shape index (κ2) is 5.10. The number of amides is 1. The Morgan fingerprint density at radius 2 is 2.12 bits per heavy atom. The van der Waals surface area contributed by atoms with E-state index in [1.165, 1.54) is 0 Å². The molecule has 16 heavy (non-hydrogen) atoms. The molecule has 0 bridgehead atoms. The molecule has 4 nitrogen and oxygen atoms in total. The standard InChI is InChI=1S/C11H21N3OS/c1-11(2,10(13)16)5-7-14-6-3-4-8(14)9(12)15/h8H,3-7H2,1-2H3,(H2,12,15)(H2,13,16). The fraction of sp³-hybridized carbons (Fsp3) is 0.818. The van der Waals surface area contributed by atoms with E-state index in [2.05, 4.69) is 4.90 Å². The lowest BCUT2D eigenvalue weighted by atomic mass is 9.89. The number of nitrogens with two attached hydrogens (primary N) is 2. The zero-order valence-corrected chi connectivity index (χ0v) is 10.8. The highest BCUT2D eigenvalue weighted by atomic mass is 32.1. The van der Waals surface area contributed by atoms with Crippen LogP contribution in [0.1, 0.15) is 33.1 Å². The maximum Gasteiger partial charge on any atom is 0.234 e. The maximum atomic E-state index is 11.2. The van der Waals surface area contributed by atoms with Crippen molar-refractivity contribution in [2.45, 2.75) is 39.2 Å². The third-order valence-electron chi connectivity index (χ3n) is 3.38. The molecule has 0 aliphatic carbocycles. The van der Waals surface area contributed by atoms with E-state index in [9.17, 15) is 4.79 Å². The quantitative estimate of drug-likeness (QED) is 0.695. The van der Waals surface area contributed by atoms with Crippen molar-refractivity contribution < 1.29 is 4.79 Å². The van der Waals surface area contributed by atoms with Crippen LogP contribution in [-0.2, 0) is 4.79 Å². The fourth-order valence-electron chi connectivity index (χ4n) is 1.96. The number of carbonyl (C=O) groups excluding carboxylic acids is 1. The largest absolute Gasteiger partial charge is 0.393 e. The van der Waals surface area contributed by atoms with Gasteiger partial charge in [0.1, 0.15) is 0 Å². The molecule has 1 atom stereocenters. The monoisotopic (exact) mass is 243 g/mol. The van der Waals surface area contributed by atoms with Crippen LogP contribution in [-0.4, -0.2) is 34.9 Å². The van der Waals surface area contributed by atoms with Gasteiger partial charge in [-0.3, -0.25) is 9.69 Å².